The molecule has 0 aliphatic heterocycles. The lowest BCUT2D eigenvalue weighted by Gasteiger charge is -2.12. The Morgan fingerprint density at radius 2 is 1.94 bits per heavy atom. The summed E-state index contributed by atoms with van der Waals surface area (Å²) in [5.74, 6) is 0. The minimum atomic E-state index is -0.0369. The standard InChI is InChI=1S/C13H15N3/c1-9-5-3-4-6-11(9)13-12(10(2)14)7-8-15-16-13/h3-8,10H,14H2,1-2H3/t10-/m0/s1. The van der Waals surface area contributed by atoms with E-state index in [4.69, 9.17) is 5.73 Å². The predicted octanol–water partition coefficient (Wildman–Crippen LogP) is 2.47. The quantitative estimate of drug-likeness (QED) is 0.833. The molecular weight excluding hydrogens is 198 g/mol. The second-order valence-corrected chi connectivity index (χ2v) is 3.94. The molecule has 2 rings (SSSR count). The molecular formula is C13H15N3. The van der Waals surface area contributed by atoms with Gasteiger partial charge in [0.1, 0.15) is 0 Å². The maximum Gasteiger partial charge on any atom is 0.0979 e. The summed E-state index contributed by atoms with van der Waals surface area (Å²) < 4.78 is 0. The monoisotopic (exact) mass is 213 g/mol. The molecule has 2 aromatic rings. The van der Waals surface area contributed by atoms with Gasteiger partial charge in [0.2, 0.25) is 0 Å². The van der Waals surface area contributed by atoms with Gasteiger partial charge in [-0.1, -0.05) is 24.3 Å². The van der Waals surface area contributed by atoms with Crippen LogP contribution in [0.15, 0.2) is 36.5 Å². The Kier molecular flexibility index (Phi) is 2.97. The molecule has 1 aromatic heterocycles. The Labute approximate surface area is 95.3 Å². The average molecular weight is 213 g/mol. The van der Waals surface area contributed by atoms with Gasteiger partial charge >= 0.3 is 0 Å². The van der Waals surface area contributed by atoms with Crippen LogP contribution in [0.25, 0.3) is 11.3 Å². The van der Waals surface area contributed by atoms with Gasteiger partial charge in [0.25, 0.3) is 0 Å². The molecule has 1 aromatic carbocycles. The molecule has 0 radical (unpaired) electrons. The van der Waals surface area contributed by atoms with Crippen LogP contribution in [0.5, 0.6) is 0 Å². The lowest BCUT2D eigenvalue weighted by molar-refractivity contribution is 0.804. The zero-order chi connectivity index (χ0) is 11.5. The highest BCUT2D eigenvalue weighted by Gasteiger charge is 2.11. The number of nitrogens with two attached hydrogens (primary N) is 1. The van der Waals surface area contributed by atoms with Gasteiger partial charge in [-0.25, -0.2) is 0 Å². The normalized spacial score (nSPS) is 12.4. The van der Waals surface area contributed by atoms with Gasteiger partial charge in [-0.3, -0.25) is 0 Å². The number of hydrogen-bond donors (Lipinski definition) is 1. The van der Waals surface area contributed by atoms with Crippen molar-refractivity contribution in [3.8, 4) is 11.3 Å². The Morgan fingerprint density at radius 1 is 1.19 bits per heavy atom. The maximum atomic E-state index is 5.93. The van der Waals surface area contributed by atoms with Crippen LogP contribution in [0.3, 0.4) is 0 Å². The number of aryl methyl sites for hydroxylation is 1. The molecule has 0 aliphatic rings. The fraction of sp³-hybridized carbons (Fsp3) is 0.231. The highest BCUT2D eigenvalue weighted by Crippen LogP contribution is 2.26. The van der Waals surface area contributed by atoms with Gasteiger partial charge in [0, 0.05) is 17.8 Å². The van der Waals surface area contributed by atoms with Gasteiger partial charge in [0.05, 0.1) is 5.69 Å². The van der Waals surface area contributed by atoms with E-state index in [1.807, 2.05) is 31.2 Å². The van der Waals surface area contributed by atoms with Crippen molar-refractivity contribution in [2.45, 2.75) is 19.9 Å². The third kappa shape index (κ3) is 1.95. The highest BCUT2D eigenvalue weighted by molar-refractivity contribution is 5.66. The summed E-state index contributed by atoms with van der Waals surface area (Å²) in [4.78, 5) is 0. The second kappa shape index (κ2) is 4.41. The largest absolute Gasteiger partial charge is 0.324 e. The molecule has 0 aliphatic carbocycles. The van der Waals surface area contributed by atoms with E-state index >= 15 is 0 Å². The fourth-order valence-electron chi connectivity index (χ4n) is 1.76. The minimum absolute atomic E-state index is 0.0369. The molecule has 0 bridgehead atoms. The third-order valence-corrected chi connectivity index (χ3v) is 2.64. The van der Waals surface area contributed by atoms with E-state index in [0.29, 0.717) is 0 Å². The van der Waals surface area contributed by atoms with E-state index in [-0.39, 0.29) is 6.04 Å². The highest BCUT2D eigenvalue weighted by atomic mass is 15.1. The first-order valence-electron chi connectivity index (χ1n) is 5.33. The molecule has 16 heavy (non-hydrogen) atoms. The zero-order valence-corrected chi connectivity index (χ0v) is 9.51. The lowest BCUT2D eigenvalue weighted by Crippen LogP contribution is -2.08. The number of benzene rings is 1. The van der Waals surface area contributed by atoms with Crippen LogP contribution < -0.4 is 5.73 Å². The lowest BCUT2D eigenvalue weighted by atomic mass is 9.99. The van der Waals surface area contributed by atoms with Crippen molar-refractivity contribution in [1.29, 1.82) is 0 Å². The predicted molar refractivity (Wildman–Crippen MR) is 64.8 cm³/mol. The first kappa shape index (κ1) is 10.8. The van der Waals surface area contributed by atoms with Crippen molar-refractivity contribution >= 4 is 0 Å². The number of rotatable bonds is 2. The van der Waals surface area contributed by atoms with Crippen LogP contribution in [0.1, 0.15) is 24.1 Å². The van der Waals surface area contributed by atoms with Crippen molar-refractivity contribution in [2.24, 2.45) is 5.73 Å². The summed E-state index contributed by atoms with van der Waals surface area (Å²) in [6.45, 7) is 4.02. The smallest absolute Gasteiger partial charge is 0.0979 e. The summed E-state index contributed by atoms with van der Waals surface area (Å²) in [5, 5.41) is 8.14. The second-order valence-electron chi connectivity index (χ2n) is 3.94. The first-order chi connectivity index (χ1) is 7.70. The Morgan fingerprint density at radius 3 is 2.62 bits per heavy atom. The van der Waals surface area contributed by atoms with Crippen molar-refractivity contribution < 1.29 is 0 Å². The van der Waals surface area contributed by atoms with Gasteiger partial charge < -0.3 is 5.73 Å². The van der Waals surface area contributed by atoms with Crippen LogP contribution in [-0.2, 0) is 0 Å². The van der Waals surface area contributed by atoms with Crippen LogP contribution in [0, 0.1) is 6.92 Å². The summed E-state index contributed by atoms with van der Waals surface area (Å²) in [7, 11) is 0. The van der Waals surface area contributed by atoms with E-state index in [2.05, 4.69) is 23.2 Å². The number of nitrogens with zero attached hydrogens (tertiary/aromatic N) is 2. The molecule has 0 fully saturated rings. The summed E-state index contributed by atoms with van der Waals surface area (Å²) in [6.07, 6.45) is 1.68. The molecule has 1 atom stereocenters. The molecule has 2 N–H and O–H groups in total. The SMILES string of the molecule is Cc1ccccc1-c1nnccc1[C@H](C)N. The molecule has 0 saturated carbocycles. The summed E-state index contributed by atoms with van der Waals surface area (Å²) in [6, 6.07) is 10.0. The fourth-order valence-corrected chi connectivity index (χ4v) is 1.76. The van der Waals surface area contributed by atoms with E-state index < -0.39 is 0 Å². The van der Waals surface area contributed by atoms with Crippen molar-refractivity contribution in [2.75, 3.05) is 0 Å². The van der Waals surface area contributed by atoms with Crippen molar-refractivity contribution in [3.05, 3.63) is 47.7 Å². The summed E-state index contributed by atoms with van der Waals surface area (Å²) in [5.41, 5.74) is 10.1. The molecule has 0 saturated heterocycles. The van der Waals surface area contributed by atoms with Crippen LogP contribution in [-0.4, -0.2) is 10.2 Å². The first-order valence-corrected chi connectivity index (χ1v) is 5.33. The van der Waals surface area contributed by atoms with Crippen LogP contribution in [0.2, 0.25) is 0 Å². The van der Waals surface area contributed by atoms with E-state index in [0.717, 1.165) is 16.8 Å². The van der Waals surface area contributed by atoms with E-state index in [1.165, 1.54) is 5.56 Å². The van der Waals surface area contributed by atoms with E-state index in [9.17, 15) is 0 Å². The van der Waals surface area contributed by atoms with Gasteiger partial charge in [-0.15, -0.1) is 0 Å². The Bertz CT molecular complexity index is 492. The van der Waals surface area contributed by atoms with Gasteiger partial charge in [-0.05, 0) is 31.0 Å². The minimum Gasteiger partial charge on any atom is -0.324 e. The maximum absolute atomic E-state index is 5.93. The molecule has 3 heteroatoms. The number of hydrogen-bond acceptors (Lipinski definition) is 3. The van der Waals surface area contributed by atoms with Gasteiger partial charge in [0.15, 0.2) is 0 Å². The number of aromatic nitrogens is 2. The topological polar surface area (TPSA) is 51.8 Å². The zero-order valence-electron chi connectivity index (χ0n) is 9.51. The molecule has 1 heterocycles. The molecule has 0 unspecified atom stereocenters. The molecule has 3 nitrogen and oxygen atoms in total. The van der Waals surface area contributed by atoms with Crippen LogP contribution >= 0.6 is 0 Å². The summed E-state index contributed by atoms with van der Waals surface area (Å²) >= 11 is 0. The van der Waals surface area contributed by atoms with E-state index in [1.54, 1.807) is 6.20 Å². The Hall–Kier alpha value is -1.74. The molecule has 0 spiro atoms. The van der Waals surface area contributed by atoms with Gasteiger partial charge in [-0.2, -0.15) is 10.2 Å². The van der Waals surface area contributed by atoms with Crippen molar-refractivity contribution in [3.63, 3.8) is 0 Å². The molecule has 82 valence electrons. The molecule has 0 amide bonds. The van der Waals surface area contributed by atoms with Crippen LogP contribution in [0.4, 0.5) is 0 Å². The average Bonchev–Trinajstić information content (AvgIpc) is 2.29. The Balaban J connectivity index is 2.60. The third-order valence-electron chi connectivity index (χ3n) is 2.64. The van der Waals surface area contributed by atoms with Crippen molar-refractivity contribution in [1.82, 2.24) is 10.2 Å².